The van der Waals surface area contributed by atoms with Crippen LogP contribution < -0.4 is 0 Å². The highest BCUT2D eigenvalue weighted by Gasteiger charge is 2.31. The highest BCUT2D eigenvalue weighted by molar-refractivity contribution is 5.96. The number of alkyl halides is 3. The third-order valence-electron chi connectivity index (χ3n) is 5.36. The Hall–Kier alpha value is -3.55. The van der Waals surface area contributed by atoms with E-state index < -0.39 is 17.6 Å². The molecule has 180 valence electrons. The number of rotatable bonds is 8. The van der Waals surface area contributed by atoms with E-state index in [4.69, 9.17) is 4.42 Å². The third-order valence-corrected chi connectivity index (χ3v) is 5.36. The zero-order valence-electron chi connectivity index (χ0n) is 19.3. The van der Waals surface area contributed by atoms with Gasteiger partial charge < -0.3 is 14.2 Å². The van der Waals surface area contributed by atoms with Crippen LogP contribution in [-0.2, 0) is 24.1 Å². The molecule has 2 amide bonds. The van der Waals surface area contributed by atoms with Crippen LogP contribution in [-0.4, -0.2) is 34.2 Å². The van der Waals surface area contributed by atoms with Gasteiger partial charge in [-0.2, -0.15) is 13.2 Å². The number of benzene rings is 2. The second kappa shape index (κ2) is 10.6. The lowest BCUT2D eigenvalue weighted by atomic mass is 10.1. The van der Waals surface area contributed by atoms with E-state index >= 15 is 0 Å². The molecule has 0 fully saturated rings. The molecule has 3 rings (SSSR count). The van der Waals surface area contributed by atoms with E-state index in [-0.39, 0.29) is 30.6 Å². The maximum absolute atomic E-state index is 13.3. The van der Waals surface area contributed by atoms with Crippen LogP contribution in [0.25, 0.3) is 0 Å². The molecule has 2 aromatic carbocycles. The van der Waals surface area contributed by atoms with E-state index in [1.54, 1.807) is 24.8 Å². The predicted octanol–water partition coefficient (Wildman–Crippen LogP) is 5.69. The fourth-order valence-corrected chi connectivity index (χ4v) is 3.50. The second-order valence-corrected chi connectivity index (χ2v) is 8.35. The minimum absolute atomic E-state index is 0.0887. The lowest BCUT2D eigenvalue weighted by Gasteiger charge is -2.30. The highest BCUT2D eigenvalue weighted by Crippen LogP contribution is 2.29. The van der Waals surface area contributed by atoms with Gasteiger partial charge in [0.25, 0.3) is 5.91 Å². The standard InChI is InChI=1S/C26H27F3N2O3/c1-18(2)31(25(33)21-10-12-22(13-11-21)26(27,28)29)17-24(32)30(15-20-7-5-4-6-8-20)16-23-14-9-19(3)34-23/h4-14,18H,15-17H2,1-3H3. The van der Waals surface area contributed by atoms with Gasteiger partial charge in [-0.3, -0.25) is 9.59 Å². The summed E-state index contributed by atoms with van der Waals surface area (Å²) in [7, 11) is 0. The number of hydrogen-bond donors (Lipinski definition) is 0. The van der Waals surface area contributed by atoms with Crippen LogP contribution in [0.4, 0.5) is 13.2 Å². The molecule has 0 saturated heterocycles. The van der Waals surface area contributed by atoms with Crippen molar-refractivity contribution >= 4 is 11.8 Å². The van der Waals surface area contributed by atoms with Gasteiger partial charge in [-0.25, -0.2) is 0 Å². The molecule has 0 bridgehead atoms. The van der Waals surface area contributed by atoms with Crippen molar-refractivity contribution in [2.24, 2.45) is 0 Å². The first-order valence-corrected chi connectivity index (χ1v) is 10.9. The molecule has 0 unspecified atom stereocenters. The topological polar surface area (TPSA) is 53.8 Å². The summed E-state index contributed by atoms with van der Waals surface area (Å²) in [6, 6.07) is 16.7. The molecule has 0 aliphatic heterocycles. The molecule has 1 aromatic heterocycles. The van der Waals surface area contributed by atoms with Crippen LogP contribution in [0.2, 0.25) is 0 Å². The molecule has 0 atom stereocenters. The van der Waals surface area contributed by atoms with Crippen LogP contribution in [0.5, 0.6) is 0 Å². The molecule has 3 aromatic rings. The average Bonchev–Trinajstić information content (AvgIpc) is 3.21. The van der Waals surface area contributed by atoms with E-state index in [0.29, 0.717) is 12.3 Å². The first-order chi connectivity index (χ1) is 16.0. The van der Waals surface area contributed by atoms with Crippen molar-refractivity contribution in [1.82, 2.24) is 9.80 Å². The van der Waals surface area contributed by atoms with Crippen molar-refractivity contribution in [3.63, 3.8) is 0 Å². The number of aryl methyl sites for hydroxylation is 1. The Morgan fingerprint density at radius 2 is 1.56 bits per heavy atom. The van der Waals surface area contributed by atoms with Crippen LogP contribution in [0.15, 0.2) is 71.1 Å². The maximum Gasteiger partial charge on any atom is 0.416 e. The normalized spacial score (nSPS) is 11.5. The number of halogens is 3. The lowest BCUT2D eigenvalue weighted by molar-refractivity contribution is -0.137. The van der Waals surface area contributed by atoms with Crippen molar-refractivity contribution < 1.29 is 27.2 Å². The quantitative estimate of drug-likeness (QED) is 0.424. The minimum atomic E-state index is -4.49. The van der Waals surface area contributed by atoms with Crippen LogP contribution in [0, 0.1) is 6.92 Å². The fraction of sp³-hybridized carbons (Fsp3) is 0.308. The lowest BCUT2D eigenvalue weighted by Crippen LogP contribution is -2.45. The molecule has 0 saturated carbocycles. The molecule has 0 aliphatic rings. The van der Waals surface area contributed by atoms with E-state index in [0.717, 1.165) is 35.6 Å². The second-order valence-electron chi connectivity index (χ2n) is 8.35. The zero-order chi connectivity index (χ0) is 24.9. The molecular formula is C26H27F3N2O3. The van der Waals surface area contributed by atoms with Gasteiger partial charge in [-0.05, 0) is 62.7 Å². The molecule has 0 N–H and O–H groups in total. The Bertz CT molecular complexity index is 1110. The summed E-state index contributed by atoms with van der Waals surface area (Å²) in [6.07, 6.45) is -4.49. The molecule has 0 aliphatic carbocycles. The van der Waals surface area contributed by atoms with Crippen LogP contribution in [0.1, 0.15) is 46.9 Å². The smallest absolute Gasteiger partial charge is 0.416 e. The summed E-state index contributed by atoms with van der Waals surface area (Å²) < 4.78 is 44.3. The van der Waals surface area contributed by atoms with Crippen molar-refractivity contribution in [3.8, 4) is 0 Å². The van der Waals surface area contributed by atoms with Crippen molar-refractivity contribution in [1.29, 1.82) is 0 Å². The SMILES string of the molecule is Cc1ccc(CN(Cc2ccccc2)C(=O)CN(C(=O)c2ccc(C(F)(F)F)cc2)C(C)C)o1. The summed E-state index contributed by atoms with van der Waals surface area (Å²) in [5.41, 5.74) is 0.175. The Morgan fingerprint density at radius 1 is 0.912 bits per heavy atom. The number of carbonyl (C=O) groups excluding carboxylic acids is 2. The average molecular weight is 473 g/mol. The molecule has 1 heterocycles. The van der Waals surface area contributed by atoms with Gasteiger partial charge in [0, 0.05) is 18.2 Å². The summed E-state index contributed by atoms with van der Waals surface area (Å²) in [4.78, 5) is 29.4. The minimum Gasteiger partial charge on any atom is -0.464 e. The number of amides is 2. The van der Waals surface area contributed by atoms with E-state index in [1.165, 1.54) is 4.90 Å². The van der Waals surface area contributed by atoms with Gasteiger partial charge in [0.2, 0.25) is 5.91 Å². The zero-order valence-corrected chi connectivity index (χ0v) is 19.3. The summed E-state index contributed by atoms with van der Waals surface area (Å²) in [6.45, 7) is 5.65. The Labute approximate surface area is 196 Å². The van der Waals surface area contributed by atoms with Gasteiger partial charge in [0.15, 0.2) is 0 Å². The first kappa shape index (κ1) is 25.1. The molecule has 34 heavy (non-hydrogen) atoms. The van der Waals surface area contributed by atoms with Gasteiger partial charge in [-0.15, -0.1) is 0 Å². The van der Waals surface area contributed by atoms with E-state index in [1.807, 2.05) is 43.3 Å². The molecule has 0 radical (unpaired) electrons. The third kappa shape index (κ3) is 6.50. The molecule has 0 spiro atoms. The largest absolute Gasteiger partial charge is 0.464 e. The van der Waals surface area contributed by atoms with Crippen molar-refractivity contribution in [2.45, 2.75) is 46.1 Å². The number of carbonyl (C=O) groups is 2. The number of nitrogens with zero attached hydrogens (tertiary/aromatic N) is 2. The summed E-state index contributed by atoms with van der Waals surface area (Å²) in [5.74, 6) is 0.535. The van der Waals surface area contributed by atoms with Crippen LogP contribution >= 0.6 is 0 Å². The monoisotopic (exact) mass is 472 g/mol. The summed E-state index contributed by atoms with van der Waals surface area (Å²) in [5, 5.41) is 0. The molecule has 8 heteroatoms. The predicted molar refractivity (Wildman–Crippen MR) is 122 cm³/mol. The van der Waals surface area contributed by atoms with E-state index in [9.17, 15) is 22.8 Å². The van der Waals surface area contributed by atoms with Gasteiger partial charge in [-0.1, -0.05) is 30.3 Å². The van der Waals surface area contributed by atoms with E-state index in [2.05, 4.69) is 0 Å². The van der Waals surface area contributed by atoms with Crippen LogP contribution in [0.3, 0.4) is 0 Å². The van der Waals surface area contributed by atoms with Gasteiger partial charge in [0.1, 0.15) is 18.1 Å². The summed E-state index contributed by atoms with van der Waals surface area (Å²) >= 11 is 0. The van der Waals surface area contributed by atoms with Crippen molar-refractivity contribution in [3.05, 3.63) is 94.9 Å². The van der Waals surface area contributed by atoms with Gasteiger partial charge >= 0.3 is 6.18 Å². The fourth-order valence-electron chi connectivity index (χ4n) is 3.50. The first-order valence-electron chi connectivity index (χ1n) is 10.9. The Kier molecular flexibility index (Phi) is 7.81. The number of hydrogen-bond acceptors (Lipinski definition) is 3. The molecular weight excluding hydrogens is 445 g/mol. The van der Waals surface area contributed by atoms with Gasteiger partial charge in [0.05, 0.1) is 12.1 Å². The Morgan fingerprint density at radius 3 is 2.09 bits per heavy atom. The Balaban J connectivity index is 1.80. The molecule has 5 nitrogen and oxygen atoms in total. The maximum atomic E-state index is 13.3. The highest BCUT2D eigenvalue weighted by atomic mass is 19.4. The van der Waals surface area contributed by atoms with Crippen molar-refractivity contribution in [2.75, 3.05) is 6.54 Å². The number of furan rings is 1.